The van der Waals surface area contributed by atoms with Crippen LogP contribution in [0.3, 0.4) is 0 Å². The maximum atomic E-state index is 9.95. The van der Waals surface area contributed by atoms with E-state index in [1.165, 1.54) is 0 Å². The van der Waals surface area contributed by atoms with Gasteiger partial charge in [0.1, 0.15) is 0 Å². The van der Waals surface area contributed by atoms with Crippen LogP contribution in [0, 0.1) is 0 Å². The Morgan fingerprint density at radius 3 is 2.93 bits per heavy atom. The molecular formula is C11H23NO3. The van der Waals surface area contributed by atoms with E-state index in [2.05, 4.69) is 12.2 Å². The Bertz CT molecular complexity index is 169. The summed E-state index contributed by atoms with van der Waals surface area (Å²) in [6, 6.07) is 0. The highest BCUT2D eigenvalue weighted by Crippen LogP contribution is 2.23. The fourth-order valence-electron chi connectivity index (χ4n) is 1.84. The van der Waals surface area contributed by atoms with E-state index in [1.54, 1.807) is 0 Å². The molecule has 1 heterocycles. The lowest BCUT2D eigenvalue weighted by atomic mass is 9.95. The lowest BCUT2D eigenvalue weighted by Gasteiger charge is -2.23. The van der Waals surface area contributed by atoms with Crippen LogP contribution in [0.15, 0.2) is 0 Å². The third-order valence-corrected chi connectivity index (χ3v) is 2.79. The highest BCUT2D eigenvalue weighted by atomic mass is 16.5. The van der Waals surface area contributed by atoms with Gasteiger partial charge in [0, 0.05) is 26.0 Å². The van der Waals surface area contributed by atoms with Gasteiger partial charge >= 0.3 is 0 Å². The molecule has 0 bridgehead atoms. The number of ether oxygens (including phenoxy) is 1. The average Bonchev–Trinajstić information content (AvgIpc) is 2.59. The van der Waals surface area contributed by atoms with E-state index in [4.69, 9.17) is 4.74 Å². The molecule has 1 rings (SSSR count). The van der Waals surface area contributed by atoms with Crippen LogP contribution in [0.2, 0.25) is 0 Å². The molecule has 0 radical (unpaired) electrons. The maximum absolute atomic E-state index is 9.95. The third kappa shape index (κ3) is 4.93. The molecule has 0 aromatic carbocycles. The van der Waals surface area contributed by atoms with Crippen molar-refractivity contribution in [2.24, 2.45) is 0 Å². The van der Waals surface area contributed by atoms with Crippen molar-refractivity contribution in [2.45, 2.75) is 44.3 Å². The molecule has 1 fully saturated rings. The van der Waals surface area contributed by atoms with Gasteiger partial charge in [0.25, 0.3) is 0 Å². The standard InChI is InChI=1S/C11H23NO3/c1-2-3-5-12-8-10(13)7-11(14)4-6-15-9-11/h10,12-14H,2-9H2,1H3. The summed E-state index contributed by atoms with van der Waals surface area (Å²) < 4.78 is 5.12. The van der Waals surface area contributed by atoms with Crippen LogP contribution in [0.5, 0.6) is 0 Å². The Morgan fingerprint density at radius 1 is 1.53 bits per heavy atom. The van der Waals surface area contributed by atoms with Crippen molar-refractivity contribution in [3.63, 3.8) is 0 Å². The number of hydrogen-bond donors (Lipinski definition) is 3. The molecule has 0 aromatic rings. The Morgan fingerprint density at radius 2 is 2.33 bits per heavy atom. The van der Waals surface area contributed by atoms with Crippen LogP contribution in [-0.4, -0.2) is 48.2 Å². The minimum atomic E-state index is -0.800. The van der Waals surface area contributed by atoms with E-state index in [0.29, 0.717) is 32.6 Å². The summed E-state index contributed by atoms with van der Waals surface area (Å²) in [5, 5.41) is 22.8. The summed E-state index contributed by atoms with van der Waals surface area (Å²) in [6.45, 7) is 4.59. The molecule has 15 heavy (non-hydrogen) atoms. The number of hydrogen-bond acceptors (Lipinski definition) is 4. The van der Waals surface area contributed by atoms with Crippen LogP contribution in [0.4, 0.5) is 0 Å². The Labute approximate surface area is 91.6 Å². The lowest BCUT2D eigenvalue weighted by molar-refractivity contribution is -0.0163. The van der Waals surface area contributed by atoms with Gasteiger partial charge in [-0.25, -0.2) is 0 Å². The smallest absolute Gasteiger partial charge is 0.0927 e. The van der Waals surface area contributed by atoms with Crippen molar-refractivity contribution in [3.05, 3.63) is 0 Å². The van der Waals surface area contributed by atoms with Gasteiger partial charge in [-0.1, -0.05) is 13.3 Å². The summed E-state index contributed by atoms with van der Waals surface area (Å²) in [5.41, 5.74) is -0.800. The van der Waals surface area contributed by atoms with Crippen LogP contribution >= 0.6 is 0 Å². The van der Waals surface area contributed by atoms with Crippen molar-refractivity contribution in [3.8, 4) is 0 Å². The highest BCUT2D eigenvalue weighted by Gasteiger charge is 2.34. The molecule has 1 aliphatic heterocycles. The SMILES string of the molecule is CCCCNCC(O)CC1(O)CCOC1. The van der Waals surface area contributed by atoms with Gasteiger partial charge in [-0.2, -0.15) is 0 Å². The topological polar surface area (TPSA) is 61.7 Å². The number of rotatable bonds is 7. The molecule has 4 heteroatoms. The molecule has 0 amide bonds. The van der Waals surface area contributed by atoms with Gasteiger partial charge in [-0.15, -0.1) is 0 Å². The van der Waals surface area contributed by atoms with Gasteiger partial charge in [-0.3, -0.25) is 0 Å². The molecule has 2 unspecified atom stereocenters. The number of nitrogens with one attached hydrogen (secondary N) is 1. The Kier molecular flexibility index (Phi) is 5.53. The van der Waals surface area contributed by atoms with E-state index >= 15 is 0 Å². The average molecular weight is 217 g/mol. The zero-order valence-electron chi connectivity index (χ0n) is 9.54. The first-order valence-electron chi connectivity index (χ1n) is 5.85. The van der Waals surface area contributed by atoms with Crippen LogP contribution < -0.4 is 5.32 Å². The second-order valence-corrected chi connectivity index (χ2v) is 4.44. The summed E-state index contributed by atoms with van der Waals surface area (Å²) in [5.74, 6) is 0. The minimum Gasteiger partial charge on any atom is -0.392 e. The zero-order chi connectivity index (χ0) is 11.1. The molecule has 90 valence electrons. The molecule has 0 aliphatic carbocycles. The van der Waals surface area contributed by atoms with E-state index in [0.717, 1.165) is 19.4 Å². The molecule has 2 atom stereocenters. The second-order valence-electron chi connectivity index (χ2n) is 4.44. The Hall–Kier alpha value is -0.160. The number of aliphatic hydroxyl groups excluding tert-OH is 1. The fourth-order valence-corrected chi connectivity index (χ4v) is 1.84. The van der Waals surface area contributed by atoms with Gasteiger partial charge in [0.2, 0.25) is 0 Å². The second kappa shape index (κ2) is 6.43. The van der Waals surface area contributed by atoms with Crippen molar-refractivity contribution in [2.75, 3.05) is 26.3 Å². The molecule has 1 aliphatic rings. The molecule has 1 saturated heterocycles. The molecule has 0 aromatic heterocycles. The van der Waals surface area contributed by atoms with Gasteiger partial charge in [0.05, 0.1) is 18.3 Å². The van der Waals surface area contributed by atoms with Crippen LogP contribution in [-0.2, 0) is 4.74 Å². The van der Waals surface area contributed by atoms with E-state index < -0.39 is 11.7 Å². The largest absolute Gasteiger partial charge is 0.392 e. The van der Waals surface area contributed by atoms with Gasteiger partial charge in [-0.05, 0) is 13.0 Å². The monoisotopic (exact) mass is 217 g/mol. The summed E-state index contributed by atoms with van der Waals surface area (Å²) in [6.07, 6.45) is 2.85. The molecular weight excluding hydrogens is 194 g/mol. The van der Waals surface area contributed by atoms with E-state index in [1.807, 2.05) is 0 Å². The molecule has 0 saturated carbocycles. The quantitative estimate of drug-likeness (QED) is 0.536. The first-order valence-corrected chi connectivity index (χ1v) is 5.85. The van der Waals surface area contributed by atoms with Crippen LogP contribution in [0.1, 0.15) is 32.6 Å². The third-order valence-electron chi connectivity index (χ3n) is 2.79. The predicted octanol–water partition coefficient (Wildman–Crippen LogP) is 0.278. The first-order chi connectivity index (χ1) is 7.16. The molecule has 0 spiro atoms. The zero-order valence-corrected chi connectivity index (χ0v) is 9.54. The van der Waals surface area contributed by atoms with Gasteiger partial charge < -0.3 is 20.3 Å². The number of aliphatic hydroxyl groups is 2. The number of unbranched alkanes of at least 4 members (excludes halogenated alkanes) is 1. The van der Waals surface area contributed by atoms with Crippen molar-refractivity contribution < 1.29 is 14.9 Å². The summed E-state index contributed by atoms with van der Waals surface area (Å²) >= 11 is 0. The first kappa shape index (κ1) is 12.9. The molecule has 3 N–H and O–H groups in total. The van der Waals surface area contributed by atoms with Crippen molar-refractivity contribution >= 4 is 0 Å². The predicted molar refractivity (Wildman–Crippen MR) is 58.8 cm³/mol. The maximum Gasteiger partial charge on any atom is 0.0927 e. The van der Waals surface area contributed by atoms with E-state index in [-0.39, 0.29) is 0 Å². The van der Waals surface area contributed by atoms with E-state index in [9.17, 15) is 10.2 Å². The lowest BCUT2D eigenvalue weighted by Crippen LogP contribution is -2.38. The highest BCUT2D eigenvalue weighted by molar-refractivity contribution is 4.85. The van der Waals surface area contributed by atoms with Crippen molar-refractivity contribution in [1.82, 2.24) is 5.32 Å². The fraction of sp³-hybridized carbons (Fsp3) is 1.00. The summed E-state index contributed by atoms with van der Waals surface area (Å²) in [7, 11) is 0. The molecule has 4 nitrogen and oxygen atoms in total. The Balaban J connectivity index is 2.09. The van der Waals surface area contributed by atoms with Crippen molar-refractivity contribution in [1.29, 1.82) is 0 Å². The summed E-state index contributed by atoms with van der Waals surface area (Å²) in [4.78, 5) is 0. The van der Waals surface area contributed by atoms with Crippen LogP contribution in [0.25, 0.3) is 0 Å². The minimum absolute atomic E-state index is 0.360. The van der Waals surface area contributed by atoms with Gasteiger partial charge in [0.15, 0.2) is 0 Å². The normalized spacial score (nSPS) is 28.2.